The van der Waals surface area contributed by atoms with E-state index in [1.807, 2.05) is 6.92 Å². The number of hydrogen-bond acceptors (Lipinski definition) is 4. The highest BCUT2D eigenvalue weighted by Gasteiger charge is 2.37. The molecular formula is C21H22ClF4N3O3. The van der Waals surface area contributed by atoms with Crippen molar-refractivity contribution in [3.05, 3.63) is 58.1 Å². The van der Waals surface area contributed by atoms with Crippen LogP contribution in [0, 0.1) is 5.82 Å². The number of nitrogens with zero attached hydrogens (tertiary/aromatic N) is 2. The molecule has 0 unspecified atom stereocenters. The first kappa shape index (κ1) is 24.2. The highest BCUT2D eigenvalue weighted by molar-refractivity contribution is 6.31. The van der Waals surface area contributed by atoms with Crippen molar-refractivity contribution in [3.8, 4) is 0 Å². The molecule has 1 aliphatic heterocycles. The zero-order chi connectivity index (χ0) is 23.7. The van der Waals surface area contributed by atoms with Gasteiger partial charge in [-0.15, -0.1) is 0 Å². The molecule has 174 valence electrons. The Labute approximate surface area is 186 Å². The molecule has 1 atom stereocenters. The van der Waals surface area contributed by atoms with E-state index in [1.165, 1.54) is 11.1 Å². The summed E-state index contributed by atoms with van der Waals surface area (Å²) in [5.41, 5.74) is -1.13. The number of amides is 2. The second kappa shape index (κ2) is 9.21. The summed E-state index contributed by atoms with van der Waals surface area (Å²) in [5, 5.41) is 20.6. The third kappa shape index (κ3) is 5.13. The second-order valence-electron chi connectivity index (χ2n) is 7.97. The molecule has 2 amide bonds. The summed E-state index contributed by atoms with van der Waals surface area (Å²) in [7, 11) is 0. The van der Waals surface area contributed by atoms with Crippen LogP contribution in [0.15, 0.2) is 30.5 Å². The third-order valence-corrected chi connectivity index (χ3v) is 5.98. The van der Waals surface area contributed by atoms with Gasteiger partial charge in [0.25, 0.3) is 0 Å². The highest BCUT2D eigenvalue weighted by atomic mass is 35.5. The summed E-state index contributed by atoms with van der Waals surface area (Å²) in [6.45, 7) is 1.83. The molecule has 2 heterocycles. The van der Waals surface area contributed by atoms with E-state index in [0.29, 0.717) is 12.8 Å². The maximum absolute atomic E-state index is 14.6. The van der Waals surface area contributed by atoms with Crippen molar-refractivity contribution in [2.45, 2.75) is 37.5 Å². The summed E-state index contributed by atoms with van der Waals surface area (Å²) < 4.78 is 53.1. The fourth-order valence-electron chi connectivity index (χ4n) is 3.65. The number of aliphatic hydroxyl groups excluding tert-OH is 2. The lowest BCUT2D eigenvalue weighted by molar-refractivity contribution is -0.137. The molecule has 0 spiro atoms. The SMILES string of the molecule is CC1(c2ncc([C@H](O)CO)cc2F)CCN(C(=O)Nc2ccc(C(F)(F)F)c(Cl)c2)CC1. The van der Waals surface area contributed by atoms with Gasteiger partial charge in [0.1, 0.15) is 11.9 Å². The van der Waals surface area contributed by atoms with E-state index in [9.17, 15) is 27.5 Å². The number of nitrogens with one attached hydrogen (secondary N) is 1. The van der Waals surface area contributed by atoms with Gasteiger partial charge in [-0.3, -0.25) is 4.98 Å². The zero-order valence-electron chi connectivity index (χ0n) is 17.1. The molecule has 1 fully saturated rings. The van der Waals surface area contributed by atoms with Crippen LogP contribution in [0.25, 0.3) is 0 Å². The molecule has 6 nitrogen and oxygen atoms in total. The molecule has 3 rings (SSSR count). The first-order valence-electron chi connectivity index (χ1n) is 9.82. The zero-order valence-corrected chi connectivity index (χ0v) is 17.8. The Balaban J connectivity index is 1.65. The van der Waals surface area contributed by atoms with E-state index in [0.717, 1.165) is 24.3 Å². The number of likely N-dealkylation sites (tertiary alicyclic amines) is 1. The number of hydrogen-bond donors (Lipinski definition) is 3. The van der Waals surface area contributed by atoms with E-state index in [4.69, 9.17) is 16.7 Å². The molecule has 1 aliphatic rings. The molecule has 32 heavy (non-hydrogen) atoms. The lowest BCUT2D eigenvalue weighted by Crippen LogP contribution is -2.46. The van der Waals surface area contributed by atoms with Crippen molar-refractivity contribution < 1.29 is 32.6 Å². The Bertz CT molecular complexity index is 995. The number of halogens is 5. The van der Waals surface area contributed by atoms with Crippen LogP contribution in [-0.2, 0) is 11.6 Å². The highest BCUT2D eigenvalue weighted by Crippen LogP contribution is 2.37. The lowest BCUT2D eigenvalue weighted by Gasteiger charge is -2.39. The van der Waals surface area contributed by atoms with E-state index in [-0.39, 0.29) is 30.0 Å². The van der Waals surface area contributed by atoms with Crippen molar-refractivity contribution in [1.82, 2.24) is 9.88 Å². The number of anilines is 1. The molecule has 2 aromatic rings. The van der Waals surface area contributed by atoms with Crippen LogP contribution >= 0.6 is 11.6 Å². The summed E-state index contributed by atoms with van der Waals surface area (Å²) in [4.78, 5) is 18.2. The van der Waals surface area contributed by atoms with Crippen molar-refractivity contribution >= 4 is 23.3 Å². The van der Waals surface area contributed by atoms with Crippen LogP contribution in [0.2, 0.25) is 5.02 Å². The van der Waals surface area contributed by atoms with Crippen molar-refractivity contribution in [1.29, 1.82) is 0 Å². The van der Waals surface area contributed by atoms with Gasteiger partial charge in [0.05, 0.1) is 22.9 Å². The van der Waals surface area contributed by atoms with Crippen LogP contribution in [0.1, 0.15) is 42.7 Å². The minimum absolute atomic E-state index is 0.132. The van der Waals surface area contributed by atoms with Gasteiger partial charge in [-0.25, -0.2) is 9.18 Å². The summed E-state index contributed by atoms with van der Waals surface area (Å²) in [6.07, 6.45) is -3.68. The normalized spacial score (nSPS) is 17.2. The Morgan fingerprint density at radius 3 is 2.50 bits per heavy atom. The maximum Gasteiger partial charge on any atom is 0.417 e. The fraction of sp³-hybridized carbons (Fsp3) is 0.429. The van der Waals surface area contributed by atoms with Gasteiger partial charge in [-0.2, -0.15) is 13.2 Å². The van der Waals surface area contributed by atoms with Gasteiger partial charge in [-0.05, 0) is 37.1 Å². The van der Waals surface area contributed by atoms with Gasteiger partial charge < -0.3 is 20.4 Å². The number of carbonyl (C=O) groups is 1. The fourth-order valence-corrected chi connectivity index (χ4v) is 3.94. The quantitative estimate of drug-likeness (QED) is 0.568. The number of pyridine rings is 1. The number of benzene rings is 1. The molecule has 0 aliphatic carbocycles. The Morgan fingerprint density at radius 1 is 1.31 bits per heavy atom. The minimum atomic E-state index is -4.59. The molecular weight excluding hydrogens is 454 g/mol. The molecule has 0 radical (unpaired) electrons. The Morgan fingerprint density at radius 2 is 1.97 bits per heavy atom. The minimum Gasteiger partial charge on any atom is -0.393 e. The summed E-state index contributed by atoms with van der Waals surface area (Å²) >= 11 is 5.69. The predicted molar refractivity (Wildman–Crippen MR) is 110 cm³/mol. The third-order valence-electron chi connectivity index (χ3n) is 5.67. The van der Waals surface area contributed by atoms with Crippen LogP contribution in [-0.4, -0.2) is 45.8 Å². The Kier molecular flexibility index (Phi) is 6.97. The lowest BCUT2D eigenvalue weighted by atomic mass is 9.77. The van der Waals surface area contributed by atoms with Crippen molar-refractivity contribution in [2.24, 2.45) is 0 Å². The standard InChI is InChI=1S/C21H22ClF4N3O3/c1-20(18-16(23)8-12(10-27-18)17(31)11-30)4-6-29(7-5-20)19(32)28-13-2-3-14(15(22)9-13)21(24,25)26/h2-3,8-10,17,30-31H,4-7,11H2,1H3,(H,28,32)/t17-/m1/s1. The maximum atomic E-state index is 14.6. The topological polar surface area (TPSA) is 85.7 Å². The molecule has 3 N–H and O–H groups in total. The number of piperidine rings is 1. The average molecular weight is 476 g/mol. The van der Waals surface area contributed by atoms with Crippen molar-refractivity contribution in [2.75, 3.05) is 25.0 Å². The van der Waals surface area contributed by atoms with Crippen molar-refractivity contribution in [3.63, 3.8) is 0 Å². The van der Waals surface area contributed by atoms with Crippen LogP contribution in [0.4, 0.5) is 28.0 Å². The number of aromatic nitrogens is 1. The Hall–Kier alpha value is -2.43. The summed E-state index contributed by atoms with van der Waals surface area (Å²) in [6, 6.07) is 3.61. The second-order valence-corrected chi connectivity index (χ2v) is 8.37. The van der Waals surface area contributed by atoms with Gasteiger partial charge in [0, 0.05) is 36.0 Å². The molecule has 1 aromatic heterocycles. The van der Waals surface area contributed by atoms with Gasteiger partial charge >= 0.3 is 12.2 Å². The average Bonchev–Trinajstić information content (AvgIpc) is 2.72. The largest absolute Gasteiger partial charge is 0.417 e. The van der Waals surface area contributed by atoms with Crippen LogP contribution in [0.5, 0.6) is 0 Å². The van der Waals surface area contributed by atoms with E-state index in [2.05, 4.69) is 10.3 Å². The van der Waals surface area contributed by atoms with E-state index in [1.54, 1.807) is 0 Å². The van der Waals surface area contributed by atoms with E-state index >= 15 is 0 Å². The van der Waals surface area contributed by atoms with Crippen LogP contribution in [0.3, 0.4) is 0 Å². The number of rotatable bonds is 4. The van der Waals surface area contributed by atoms with E-state index < -0.39 is 46.7 Å². The van der Waals surface area contributed by atoms with Crippen LogP contribution < -0.4 is 5.32 Å². The van der Waals surface area contributed by atoms with Gasteiger partial charge in [-0.1, -0.05) is 18.5 Å². The predicted octanol–water partition coefficient (Wildman–Crippen LogP) is 4.50. The number of urea groups is 1. The first-order valence-corrected chi connectivity index (χ1v) is 10.2. The smallest absolute Gasteiger partial charge is 0.393 e. The number of carbonyl (C=O) groups excluding carboxylic acids is 1. The molecule has 1 saturated heterocycles. The van der Waals surface area contributed by atoms with Gasteiger partial charge in [0.2, 0.25) is 0 Å². The first-order chi connectivity index (χ1) is 14.9. The molecule has 0 saturated carbocycles. The molecule has 0 bridgehead atoms. The molecule has 1 aromatic carbocycles. The monoisotopic (exact) mass is 475 g/mol. The number of aliphatic hydroxyl groups is 2. The van der Waals surface area contributed by atoms with Gasteiger partial charge in [0.15, 0.2) is 0 Å². The number of alkyl halides is 3. The molecule has 11 heteroatoms. The summed E-state index contributed by atoms with van der Waals surface area (Å²) in [5.74, 6) is -0.602.